The van der Waals surface area contributed by atoms with Crippen molar-refractivity contribution in [3.05, 3.63) is 145 Å². The molecule has 0 spiro atoms. The van der Waals surface area contributed by atoms with E-state index >= 15 is 0 Å². The molecule has 38 heavy (non-hydrogen) atoms. The van der Waals surface area contributed by atoms with Crippen molar-refractivity contribution >= 4 is 32.3 Å². The molecule has 0 unspecified atom stereocenters. The van der Waals surface area contributed by atoms with Gasteiger partial charge in [0.15, 0.2) is 0 Å². The van der Waals surface area contributed by atoms with Gasteiger partial charge in [0.1, 0.15) is 0 Å². The van der Waals surface area contributed by atoms with Crippen LogP contribution in [-0.4, -0.2) is 0 Å². The highest BCUT2D eigenvalue weighted by molar-refractivity contribution is 6.25. The third-order valence-corrected chi connectivity index (χ3v) is 7.53. The van der Waals surface area contributed by atoms with Crippen molar-refractivity contribution in [3.8, 4) is 39.4 Å². The minimum Gasteiger partial charge on any atom is -0.192 e. The van der Waals surface area contributed by atoms with Crippen LogP contribution >= 0.6 is 0 Å². The van der Waals surface area contributed by atoms with E-state index in [9.17, 15) is 0 Å². The molecule has 0 aromatic heterocycles. The van der Waals surface area contributed by atoms with Gasteiger partial charge in [-0.15, -0.1) is 0 Å². The molecule has 7 aromatic rings. The normalized spacial score (nSPS) is 11.1. The first-order valence-electron chi connectivity index (χ1n) is 12.8. The van der Waals surface area contributed by atoms with Gasteiger partial charge in [0.25, 0.3) is 0 Å². The molecule has 0 atom stereocenters. The fraction of sp³-hybridized carbons (Fsp3) is 0. The number of nitrogens with zero attached hydrogens (tertiary/aromatic N) is 1. The molecule has 0 aliphatic carbocycles. The molecule has 1 nitrogen and oxygen atoms in total. The van der Waals surface area contributed by atoms with Crippen molar-refractivity contribution in [2.45, 2.75) is 0 Å². The maximum atomic E-state index is 9.03. The number of hydrogen-bond donors (Lipinski definition) is 0. The Kier molecular flexibility index (Phi) is 5.24. The van der Waals surface area contributed by atoms with E-state index in [0.29, 0.717) is 5.56 Å². The van der Waals surface area contributed by atoms with Crippen LogP contribution in [0, 0.1) is 11.3 Å². The standard InChI is InChI=1S/C37H23N/c38-24-25-9-11-26(12-10-25)27-13-15-28(16-14-27)29-17-19-30(20-18-29)31-21-22-36-34-7-2-1-5-32(34)33-6-3-4-8-35(33)37(36)23-31/h1-23H. The summed E-state index contributed by atoms with van der Waals surface area (Å²) in [5.41, 5.74) is 7.75. The van der Waals surface area contributed by atoms with E-state index in [1.807, 2.05) is 24.3 Å². The van der Waals surface area contributed by atoms with Crippen LogP contribution in [0.5, 0.6) is 0 Å². The summed E-state index contributed by atoms with van der Waals surface area (Å²) in [5, 5.41) is 16.8. The Morgan fingerprint density at radius 3 is 1.05 bits per heavy atom. The second kappa shape index (κ2) is 9.04. The molecular weight excluding hydrogens is 458 g/mol. The smallest absolute Gasteiger partial charge is 0.0991 e. The Morgan fingerprint density at radius 2 is 0.632 bits per heavy atom. The molecule has 0 heterocycles. The van der Waals surface area contributed by atoms with E-state index in [2.05, 4.69) is 121 Å². The molecular formula is C37H23N. The second-order valence-corrected chi connectivity index (χ2v) is 9.70. The lowest BCUT2D eigenvalue weighted by Gasteiger charge is -2.12. The number of benzene rings is 7. The van der Waals surface area contributed by atoms with Crippen LogP contribution in [0.15, 0.2) is 140 Å². The minimum absolute atomic E-state index is 0.679. The highest BCUT2D eigenvalue weighted by Gasteiger charge is 2.10. The van der Waals surface area contributed by atoms with Crippen LogP contribution in [0.4, 0.5) is 0 Å². The molecule has 1 heteroatoms. The molecule has 0 N–H and O–H groups in total. The van der Waals surface area contributed by atoms with Crippen molar-refractivity contribution < 1.29 is 0 Å². The van der Waals surface area contributed by atoms with Crippen molar-refractivity contribution in [3.63, 3.8) is 0 Å². The third kappa shape index (κ3) is 3.72. The summed E-state index contributed by atoms with van der Waals surface area (Å²) >= 11 is 0. The van der Waals surface area contributed by atoms with Gasteiger partial charge in [0.05, 0.1) is 11.6 Å². The molecule has 0 saturated heterocycles. The maximum absolute atomic E-state index is 9.03. The lowest BCUT2D eigenvalue weighted by atomic mass is 9.91. The van der Waals surface area contributed by atoms with Crippen molar-refractivity contribution in [1.82, 2.24) is 0 Å². The monoisotopic (exact) mass is 481 g/mol. The largest absolute Gasteiger partial charge is 0.192 e. The first kappa shape index (κ1) is 22.0. The minimum atomic E-state index is 0.679. The summed E-state index contributed by atoms with van der Waals surface area (Å²) in [6, 6.07) is 51.6. The average molecular weight is 482 g/mol. The number of fused-ring (bicyclic) bond motifs is 6. The van der Waals surface area contributed by atoms with E-state index in [4.69, 9.17) is 5.26 Å². The lowest BCUT2D eigenvalue weighted by molar-refractivity contribution is 1.48. The number of rotatable bonds is 3. The van der Waals surface area contributed by atoms with Crippen LogP contribution in [0.25, 0.3) is 65.7 Å². The molecule has 0 saturated carbocycles. The molecule has 0 amide bonds. The highest BCUT2D eigenvalue weighted by Crippen LogP contribution is 2.37. The van der Waals surface area contributed by atoms with Gasteiger partial charge < -0.3 is 0 Å². The fourth-order valence-corrected chi connectivity index (χ4v) is 5.53. The fourth-order valence-electron chi connectivity index (χ4n) is 5.53. The summed E-state index contributed by atoms with van der Waals surface area (Å²) in [4.78, 5) is 0. The Bertz CT molecular complexity index is 1950. The van der Waals surface area contributed by atoms with Gasteiger partial charge >= 0.3 is 0 Å². The zero-order chi connectivity index (χ0) is 25.5. The predicted molar refractivity (Wildman–Crippen MR) is 160 cm³/mol. The van der Waals surface area contributed by atoms with Gasteiger partial charge in [-0.1, -0.05) is 121 Å². The molecule has 0 bridgehead atoms. The van der Waals surface area contributed by atoms with Gasteiger partial charge in [-0.3, -0.25) is 0 Å². The Hall–Kier alpha value is -5.19. The van der Waals surface area contributed by atoms with Gasteiger partial charge in [0, 0.05) is 0 Å². The number of nitriles is 1. The summed E-state index contributed by atoms with van der Waals surface area (Å²) in [7, 11) is 0. The van der Waals surface area contributed by atoms with Crippen LogP contribution in [0.2, 0.25) is 0 Å². The quantitative estimate of drug-likeness (QED) is 0.230. The Labute approximate surface area is 221 Å². The van der Waals surface area contributed by atoms with Gasteiger partial charge in [-0.25, -0.2) is 0 Å². The summed E-state index contributed by atoms with van der Waals surface area (Å²) in [5.74, 6) is 0. The van der Waals surface area contributed by atoms with Crippen molar-refractivity contribution in [2.24, 2.45) is 0 Å². The summed E-state index contributed by atoms with van der Waals surface area (Å²) < 4.78 is 0. The van der Waals surface area contributed by atoms with E-state index in [-0.39, 0.29) is 0 Å². The molecule has 7 rings (SSSR count). The summed E-state index contributed by atoms with van der Waals surface area (Å²) in [6.45, 7) is 0. The van der Waals surface area contributed by atoms with E-state index in [1.54, 1.807) is 0 Å². The predicted octanol–water partition coefficient (Wildman–Crippen LogP) is 10.0. The third-order valence-electron chi connectivity index (χ3n) is 7.53. The number of hydrogen-bond acceptors (Lipinski definition) is 1. The van der Waals surface area contributed by atoms with Gasteiger partial charge in [0.2, 0.25) is 0 Å². The van der Waals surface area contributed by atoms with Crippen LogP contribution < -0.4 is 0 Å². The molecule has 0 radical (unpaired) electrons. The highest BCUT2D eigenvalue weighted by atomic mass is 14.2. The Morgan fingerprint density at radius 1 is 0.316 bits per heavy atom. The zero-order valence-electron chi connectivity index (χ0n) is 20.7. The molecule has 0 fully saturated rings. The Balaban J connectivity index is 1.24. The first-order chi connectivity index (χ1) is 18.8. The maximum Gasteiger partial charge on any atom is 0.0991 e. The molecule has 0 aliphatic rings. The lowest BCUT2D eigenvalue weighted by Crippen LogP contribution is -1.85. The van der Waals surface area contributed by atoms with E-state index in [0.717, 1.165) is 11.1 Å². The van der Waals surface area contributed by atoms with Crippen LogP contribution in [-0.2, 0) is 0 Å². The van der Waals surface area contributed by atoms with Crippen molar-refractivity contribution in [2.75, 3.05) is 0 Å². The van der Waals surface area contributed by atoms with Crippen LogP contribution in [0.1, 0.15) is 5.56 Å². The van der Waals surface area contributed by atoms with Crippen LogP contribution in [0.3, 0.4) is 0 Å². The van der Waals surface area contributed by atoms with Gasteiger partial charge in [-0.2, -0.15) is 5.26 Å². The molecule has 0 aliphatic heterocycles. The van der Waals surface area contributed by atoms with E-state index in [1.165, 1.54) is 54.6 Å². The average Bonchev–Trinajstić information content (AvgIpc) is 3.01. The van der Waals surface area contributed by atoms with Crippen molar-refractivity contribution in [1.29, 1.82) is 5.26 Å². The second-order valence-electron chi connectivity index (χ2n) is 9.70. The zero-order valence-corrected chi connectivity index (χ0v) is 20.7. The first-order valence-corrected chi connectivity index (χ1v) is 12.8. The van der Waals surface area contributed by atoms with E-state index < -0.39 is 0 Å². The van der Waals surface area contributed by atoms with Gasteiger partial charge in [-0.05, 0) is 83.9 Å². The topological polar surface area (TPSA) is 23.8 Å². The molecule has 176 valence electrons. The molecule has 7 aromatic carbocycles. The summed E-state index contributed by atoms with van der Waals surface area (Å²) in [6.07, 6.45) is 0. The SMILES string of the molecule is N#Cc1ccc(-c2ccc(-c3ccc(-c4ccc5c6ccccc6c6ccccc6c5c4)cc3)cc2)cc1.